The summed E-state index contributed by atoms with van der Waals surface area (Å²) >= 11 is 0. The summed E-state index contributed by atoms with van der Waals surface area (Å²) in [6.45, 7) is 1.35. The summed E-state index contributed by atoms with van der Waals surface area (Å²) in [7, 11) is 0. The summed E-state index contributed by atoms with van der Waals surface area (Å²) < 4.78 is 0.854. The van der Waals surface area contributed by atoms with E-state index in [1.165, 1.54) is 25.1 Å². The summed E-state index contributed by atoms with van der Waals surface area (Å²) in [4.78, 5) is 48.4. The van der Waals surface area contributed by atoms with Crippen molar-refractivity contribution in [2.45, 2.75) is 6.92 Å². The highest BCUT2D eigenvalue weighted by molar-refractivity contribution is 6.21. The summed E-state index contributed by atoms with van der Waals surface area (Å²) in [6, 6.07) is 4.07. The second-order valence-corrected chi connectivity index (χ2v) is 4.56. The number of aromatic hydroxyl groups is 1. The number of aromatic nitrogens is 2. The quantitative estimate of drug-likeness (QED) is 0.606. The van der Waals surface area contributed by atoms with Crippen molar-refractivity contribution in [3.8, 4) is 11.6 Å². The maximum atomic E-state index is 11.8. The zero-order valence-electron chi connectivity index (χ0n) is 10.8. The van der Waals surface area contributed by atoms with Gasteiger partial charge in [0.05, 0.1) is 22.4 Å². The Morgan fingerprint density at radius 1 is 1.05 bits per heavy atom. The molecule has 3 rings (SSSR count). The van der Waals surface area contributed by atoms with Crippen molar-refractivity contribution < 1.29 is 14.7 Å². The van der Waals surface area contributed by atoms with Gasteiger partial charge in [-0.2, -0.15) is 0 Å². The number of H-pyrrole nitrogens is 1. The molecule has 2 heterocycles. The maximum absolute atomic E-state index is 11.8. The fourth-order valence-electron chi connectivity index (χ4n) is 2.15. The highest BCUT2D eigenvalue weighted by Gasteiger charge is 2.27. The molecular weight excluding hydrogens is 278 g/mol. The Labute approximate surface area is 116 Å². The Kier molecular flexibility index (Phi) is 2.55. The summed E-state index contributed by atoms with van der Waals surface area (Å²) in [5.41, 5.74) is -1.10. The minimum atomic E-state index is -0.840. The van der Waals surface area contributed by atoms with Gasteiger partial charge in [-0.25, -0.2) is 9.36 Å². The van der Waals surface area contributed by atoms with Gasteiger partial charge in [0.2, 0.25) is 5.88 Å². The molecule has 0 unspecified atom stereocenters. The molecule has 106 valence electrons. The molecule has 0 saturated heterocycles. The number of aromatic amines is 1. The van der Waals surface area contributed by atoms with Crippen LogP contribution in [0.2, 0.25) is 0 Å². The smallest absolute Gasteiger partial charge is 0.335 e. The predicted octanol–water partition coefficient (Wildman–Crippen LogP) is -0.577. The molecule has 8 nitrogen and oxygen atoms in total. The molecule has 0 fully saturated rings. The SMILES string of the molecule is Cc1c(O)n(-c2ccc3c(c2)C(=O)NC3=O)c(=O)[nH]c1=O. The third-order valence-corrected chi connectivity index (χ3v) is 3.29. The minimum absolute atomic E-state index is 0.0318. The Hall–Kier alpha value is -3.16. The fraction of sp³-hybridized carbons (Fsp3) is 0.0769. The number of carbonyl (C=O) groups excluding carboxylic acids is 2. The van der Waals surface area contributed by atoms with E-state index >= 15 is 0 Å². The molecule has 1 aromatic heterocycles. The molecule has 2 aromatic rings. The van der Waals surface area contributed by atoms with Gasteiger partial charge in [0, 0.05) is 0 Å². The average Bonchev–Trinajstić information content (AvgIpc) is 2.71. The van der Waals surface area contributed by atoms with Crippen LogP contribution in [0.3, 0.4) is 0 Å². The number of hydrogen-bond acceptors (Lipinski definition) is 5. The standard InChI is InChI=1S/C13H9N3O5/c1-5-9(17)15-13(21)16(12(5)20)6-2-3-7-8(4-6)11(19)14-10(7)18/h2-4,20H,1H3,(H,14,18,19)(H,15,17,21). The number of imide groups is 1. The maximum Gasteiger partial charge on any atom is 0.335 e. The number of nitrogens with zero attached hydrogens (tertiary/aromatic N) is 1. The van der Waals surface area contributed by atoms with Crippen molar-refractivity contribution in [3.63, 3.8) is 0 Å². The van der Waals surface area contributed by atoms with E-state index in [2.05, 4.69) is 10.3 Å². The van der Waals surface area contributed by atoms with Gasteiger partial charge in [-0.05, 0) is 25.1 Å². The Morgan fingerprint density at radius 3 is 2.43 bits per heavy atom. The van der Waals surface area contributed by atoms with E-state index < -0.39 is 28.9 Å². The number of rotatable bonds is 1. The molecule has 8 heteroatoms. The van der Waals surface area contributed by atoms with Crippen LogP contribution in [0.25, 0.3) is 5.69 Å². The summed E-state index contributed by atoms with van der Waals surface area (Å²) in [5, 5.41) is 12.1. The normalized spacial score (nSPS) is 13.2. The van der Waals surface area contributed by atoms with Crippen LogP contribution in [0.4, 0.5) is 0 Å². The van der Waals surface area contributed by atoms with Crippen molar-refractivity contribution in [2.24, 2.45) is 0 Å². The first-order chi connectivity index (χ1) is 9.90. The molecule has 0 saturated carbocycles. The zero-order valence-corrected chi connectivity index (χ0v) is 10.8. The minimum Gasteiger partial charge on any atom is -0.494 e. The largest absolute Gasteiger partial charge is 0.494 e. The molecule has 0 aliphatic carbocycles. The molecule has 0 radical (unpaired) electrons. The van der Waals surface area contributed by atoms with E-state index in [0.717, 1.165) is 4.57 Å². The van der Waals surface area contributed by atoms with Gasteiger partial charge >= 0.3 is 5.69 Å². The highest BCUT2D eigenvalue weighted by atomic mass is 16.3. The lowest BCUT2D eigenvalue weighted by Crippen LogP contribution is -2.30. The van der Waals surface area contributed by atoms with Gasteiger partial charge in [0.15, 0.2) is 0 Å². The molecule has 1 aliphatic heterocycles. The molecule has 1 aliphatic rings. The average molecular weight is 287 g/mol. The van der Waals surface area contributed by atoms with Crippen LogP contribution in [0, 0.1) is 6.92 Å². The fourth-order valence-corrected chi connectivity index (χ4v) is 2.15. The van der Waals surface area contributed by atoms with E-state index in [9.17, 15) is 24.3 Å². The first kappa shape index (κ1) is 12.9. The van der Waals surface area contributed by atoms with Crippen LogP contribution >= 0.6 is 0 Å². The predicted molar refractivity (Wildman–Crippen MR) is 70.9 cm³/mol. The number of fused-ring (bicyclic) bond motifs is 1. The van der Waals surface area contributed by atoms with Crippen LogP contribution < -0.4 is 16.6 Å². The van der Waals surface area contributed by atoms with Gasteiger partial charge in [-0.1, -0.05) is 0 Å². The van der Waals surface area contributed by atoms with Gasteiger partial charge in [0.25, 0.3) is 17.4 Å². The van der Waals surface area contributed by atoms with Crippen molar-refractivity contribution in [1.82, 2.24) is 14.9 Å². The Balaban J connectivity index is 2.29. The van der Waals surface area contributed by atoms with Crippen molar-refractivity contribution in [2.75, 3.05) is 0 Å². The number of amides is 2. The third-order valence-electron chi connectivity index (χ3n) is 3.29. The molecule has 1 aromatic carbocycles. The van der Waals surface area contributed by atoms with Gasteiger partial charge in [-0.3, -0.25) is 24.7 Å². The Morgan fingerprint density at radius 2 is 1.71 bits per heavy atom. The van der Waals surface area contributed by atoms with E-state index in [1.807, 2.05) is 0 Å². The molecule has 2 amide bonds. The van der Waals surface area contributed by atoms with Crippen LogP contribution in [-0.2, 0) is 0 Å². The number of hydrogen-bond donors (Lipinski definition) is 3. The lowest BCUT2D eigenvalue weighted by molar-refractivity contribution is 0.0879. The van der Waals surface area contributed by atoms with E-state index in [1.54, 1.807) is 0 Å². The molecular formula is C13H9N3O5. The van der Waals surface area contributed by atoms with Gasteiger partial charge in [-0.15, -0.1) is 0 Å². The number of benzene rings is 1. The highest BCUT2D eigenvalue weighted by Crippen LogP contribution is 2.21. The van der Waals surface area contributed by atoms with Crippen LogP contribution in [0.5, 0.6) is 5.88 Å². The van der Waals surface area contributed by atoms with Crippen molar-refractivity contribution >= 4 is 11.8 Å². The number of carbonyl (C=O) groups is 2. The second kappa shape index (κ2) is 4.17. The van der Waals surface area contributed by atoms with Crippen LogP contribution in [0.15, 0.2) is 27.8 Å². The first-order valence-electron chi connectivity index (χ1n) is 5.95. The molecule has 0 spiro atoms. The zero-order chi connectivity index (χ0) is 15.3. The van der Waals surface area contributed by atoms with Crippen LogP contribution in [0.1, 0.15) is 26.3 Å². The van der Waals surface area contributed by atoms with Crippen LogP contribution in [-0.4, -0.2) is 26.5 Å². The van der Waals surface area contributed by atoms with E-state index in [0.29, 0.717) is 0 Å². The molecule has 0 bridgehead atoms. The summed E-state index contributed by atoms with van der Waals surface area (Å²) in [5.74, 6) is -1.62. The lowest BCUT2D eigenvalue weighted by Gasteiger charge is -2.10. The van der Waals surface area contributed by atoms with Crippen molar-refractivity contribution in [1.29, 1.82) is 0 Å². The lowest BCUT2D eigenvalue weighted by atomic mass is 10.1. The van der Waals surface area contributed by atoms with E-state index in [4.69, 9.17) is 0 Å². The topological polar surface area (TPSA) is 121 Å². The first-order valence-corrected chi connectivity index (χ1v) is 5.95. The monoisotopic (exact) mass is 287 g/mol. The van der Waals surface area contributed by atoms with Gasteiger partial charge < -0.3 is 5.11 Å². The van der Waals surface area contributed by atoms with E-state index in [-0.39, 0.29) is 22.4 Å². The number of nitrogens with one attached hydrogen (secondary N) is 2. The third kappa shape index (κ3) is 1.76. The molecule has 21 heavy (non-hydrogen) atoms. The molecule has 3 N–H and O–H groups in total. The second-order valence-electron chi connectivity index (χ2n) is 4.56. The van der Waals surface area contributed by atoms with Gasteiger partial charge in [0.1, 0.15) is 0 Å². The Bertz CT molecular complexity index is 922. The molecule has 0 atom stereocenters. The summed E-state index contributed by atoms with van der Waals surface area (Å²) in [6.07, 6.45) is 0. The van der Waals surface area contributed by atoms with Crippen molar-refractivity contribution in [3.05, 3.63) is 55.7 Å².